The Balaban J connectivity index is 1.23. The van der Waals surface area contributed by atoms with Gasteiger partial charge in [-0.25, -0.2) is 9.98 Å². The molecule has 0 saturated heterocycles. The molecule has 0 unspecified atom stereocenters. The van der Waals surface area contributed by atoms with E-state index in [0.717, 1.165) is 99.5 Å². The highest BCUT2D eigenvalue weighted by molar-refractivity contribution is 6.03. The first-order valence-electron chi connectivity index (χ1n) is 16.7. The Morgan fingerprint density at radius 3 is 1.68 bits per heavy atom. The fourth-order valence-corrected chi connectivity index (χ4v) is 7.49. The third-order valence-corrected chi connectivity index (χ3v) is 9.68. The Morgan fingerprint density at radius 1 is 0.320 bits per heavy atom. The van der Waals surface area contributed by atoms with Crippen molar-refractivity contribution < 1.29 is 0 Å². The number of rotatable bonds is 5. The van der Waals surface area contributed by atoms with Gasteiger partial charge < -0.3 is 0 Å². The van der Waals surface area contributed by atoms with E-state index in [9.17, 15) is 0 Å². The van der Waals surface area contributed by atoms with Gasteiger partial charge in [-0.15, -0.1) is 10.2 Å². The molecule has 0 bridgehead atoms. The van der Waals surface area contributed by atoms with Gasteiger partial charge in [0.25, 0.3) is 0 Å². The maximum absolute atomic E-state index is 5.14. The van der Waals surface area contributed by atoms with Gasteiger partial charge in [-0.05, 0) is 57.3 Å². The van der Waals surface area contributed by atoms with E-state index in [0.29, 0.717) is 0 Å². The van der Waals surface area contributed by atoms with Crippen LogP contribution < -0.4 is 10.7 Å². The predicted octanol–water partition coefficient (Wildman–Crippen LogP) is 9.69. The Bertz CT molecular complexity index is 2870. The molecule has 5 heteroatoms. The summed E-state index contributed by atoms with van der Waals surface area (Å²) in [6.07, 6.45) is 0. The SMILES string of the molecule is c1ccc(-c2ccccc2-c2nnnc(-c3ccccc3-c3cccc4c3-c3c5c(ccc3=N4)=c3ccccc3=N5)c2-c2ccccc2)cc1. The first-order chi connectivity index (χ1) is 24.8. The van der Waals surface area contributed by atoms with Crippen molar-refractivity contribution in [3.63, 3.8) is 0 Å². The minimum absolute atomic E-state index is 0.766. The van der Waals surface area contributed by atoms with Crippen LogP contribution in [-0.2, 0) is 0 Å². The van der Waals surface area contributed by atoms with Crippen molar-refractivity contribution in [2.24, 2.45) is 9.98 Å². The summed E-state index contributed by atoms with van der Waals surface area (Å²) in [6.45, 7) is 0. The summed E-state index contributed by atoms with van der Waals surface area (Å²) in [7, 11) is 0. The summed E-state index contributed by atoms with van der Waals surface area (Å²) < 4.78 is 0. The van der Waals surface area contributed by atoms with E-state index in [1.165, 1.54) is 0 Å². The standard InChI is InChI=1S/C45H27N5/c1-3-14-28(15-4-1)30-18-7-9-21-34(30)44-40(29-16-5-2-6-17-29)45(49-50-48-44)35-22-10-8-19-31(35)33-23-13-25-38-41(33)42-39(46-38)27-26-36-32-20-11-12-24-37(32)47-43(36)42/h1-27H. The summed E-state index contributed by atoms with van der Waals surface area (Å²) in [4.78, 5) is 10.2. The molecule has 10 rings (SSSR count). The molecule has 232 valence electrons. The van der Waals surface area contributed by atoms with E-state index in [1.54, 1.807) is 0 Å². The molecule has 0 radical (unpaired) electrons. The second-order valence-electron chi connectivity index (χ2n) is 12.5. The first-order valence-corrected chi connectivity index (χ1v) is 16.7. The zero-order chi connectivity index (χ0) is 33.0. The predicted molar refractivity (Wildman–Crippen MR) is 198 cm³/mol. The molecular weight excluding hydrogens is 611 g/mol. The topological polar surface area (TPSA) is 63.4 Å². The number of nitrogens with zero attached hydrogens (tertiary/aromatic N) is 5. The van der Waals surface area contributed by atoms with Gasteiger partial charge in [-0.3, -0.25) is 0 Å². The molecular formula is C45H27N5. The Hall–Kier alpha value is -6.85. The maximum Gasteiger partial charge on any atom is 0.105 e. The van der Waals surface area contributed by atoms with Gasteiger partial charge in [0.15, 0.2) is 0 Å². The zero-order valence-electron chi connectivity index (χ0n) is 26.8. The van der Waals surface area contributed by atoms with E-state index in [-0.39, 0.29) is 0 Å². The maximum atomic E-state index is 5.14. The van der Waals surface area contributed by atoms with E-state index < -0.39 is 0 Å². The average molecular weight is 638 g/mol. The molecule has 0 N–H and O–H groups in total. The van der Waals surface area contributed by atoms with E-state index in [4.69, 9.17) is 20.2 Å². The summed E-state index contributed by atoms with van der Waals surface area (Å²) in [6, 6.07) is 56.7. The molecule has 0 spiro atoms. The monoisotopic (exact) mass is 637 g/mol. The quantitative estimate of drug-likeness (QED) is 0.189. The van der Waals surface area contributed by atoms with Crippen LogP contribution in [0.1, 0.15) is 0 Å². The number of aromatic nitrogens is 3. The van der Waals surface area contributed by atoms with E-state index in [1.807, 2.05) is 18.2 Å². The molecule has 0 saturated carbocycles. The summed E-state index contributed by atoms with van der Waals surface area (Å²) in [5, 5.41) is 18.2. The average Bonchev–Trinajstić information content (AvgIpc) is 3.77. The van der Waals surface area contributed by atoms with Gasteiger partial charge in [-0.1, -0.05) is 140 Å². The molecule has 8 aromatic rings. The van der Waals surface area contributed by atoms with Gasteiger partial charge in [0.05, 0.1) is 22.1 Å². The summed E-state index contributed by atoms with van der Waals surface area (Å²) >= 11 is 0. The van der Waals surface area contributed by atoms with E-state index in [2.05, 4.69) is 151 Å². The van der Waals surface area contributed by atoms with Crippen LogP contribution in [0.3, 0.4) is 0 Å². The van der Waals surface area contributed by atoms with Crippen LogP contribution in [0.4, 0.5) is 11.4 Å². The van der Waals surface area contributed by atoms with Crippen LogP contribution in [0, 0.1) is 10.4 Å². The van der Waals surface area contributed by atoms with Crippen LogP contribution in [0.15, 0.2) is 174 Å². The van der Waals surface area contributed by atoms with Crippen LogP contribution in [-0.4, -0.2) is 15.4 Å². The molecule has 2 aliphatic rings. The van der Waals surface area contributed by atoms with Gasteiger partial charge >= 0.3 is 0 Å². The molecule has 0 fully saturated rings. The van der Waals surface area contributed by atoms with Crippen molar-refractivity contribution in [1.82, 2.24) is 15.4 Å². The lowest BCUT2D eigenvalue weighted by Gasteiger charge is -2.18. The lowest BCUT2D eigenvalue weighted by Crippen LogP contribution is -2.03. The van der Waals surface area contributed by atoms with E-state index >= 15 is 0 Å². The smallest absolute Gasteiger partial charge is 0.105 e. The van der Waals surface area contributed by atoms with Crippen molar-refractivity contribution in [3.8, 4) is 67.0 Å². The number of benzene rings is 7. The minimum Gasteiger partial charge on any atom is -0.248 e. The molecule has 0 amide bonds. The van der Waals surface area contributed by atoms with Gasteiger partial charge in [0, 0.05) is 38.3 Å². The highest BCUT2D eigenvalue weighted by Crippen LogP contribution is 2.48. The molecule has 50 heavy (non-hydrogen) atoms. The normalized spacial score (nSPS) is 11.9. The third-order valence-electron chi connectivity index (χ3n) is 9.68. The molecule has 3 heterocycles. The Kier molecular flexibility index (Phi) is 6.42. The van der Waals surface area contributed by atoms with Crippen molar-refractivity contribution >= 4 is 11.4 Å². The van der Waals surface area contributed by atoms with Crippen molar-refractivity contribution in [2.45, 2.75) is 0 Å². The molecule has 0 aliphatic carbocycles. The van der Waals surface area contributed by atoms with Gasteiger partial charge in [-0.2, -0.15) is 0 Å². The minimum atomic E-state index is 0.766. The number of hydrogen-bond acceptors (Lipinski definition) is 5. The van der Waals surface area contributed by atoms with Crippen LogP contribution >= 0.6 is 0 Å². The Labute approximate surface area is 288 Å². The molecule has 5 nitrogen and oxygen atoms in total. The lowest BCUT2D eigenvalue weighted by atomic mass is 9.86. The lowest BCUT2D eigenvalue weighted by molar-refractivity contribution is 0.879. The second kappa shape index (κ2) is 11.4. The van der Waals surface area contributed by atoms with Crippen LogP contribution in [0.2, 0.25) is 0 Å². The number of hydrogen-bond donors (Lipinski definition) is 0. The second-order valence-corrected chi connectivity index (χ2v) is 12.5. The molecule has 1 aromatic heterocycles. The largest absolute Gasteiger partial charge is 0.248 e. The zero-order valence-corrected chi connectivity index (χ0v) is 26.8. The molecule has 0 atom stereocenters. The Morgan fingerprint density at radius 2 is 0.920 bits per heavy atom. The van der Waals surface area contributed by atoms with Crippen LogP contribution in [0.25, 0.3) is 67.0 Å². The molecule has 7 aromatic carbocycles. The number of para-hydroxylation sites is 1. The fourth-order valence-electron chi connectivity index (χ4n) is 7.49. The summed E-state index contributed by atoms with van der Waals surface area (Å²) in [5.41, 5.74) is 13.8. The van der Waals surface area contributed by atoms with Crippen LogP contribution in [0.5, 0.6) is 0 Å². The molecule has 2 aliphatic heterocycles. The van der Waals surface area contributed by atoms with Crippen molar-refractivity contribution in [3.05, 3.63) is 185 Å². The number of fused-ring (bicyclic) bond motifs is 6. The van der Waals surface area contributed by atoms with Crippen molar-refractivity contribution in [1.29, 1.82) is 0 Å². The highest BCUT2D eigenvalue weighted by Gasteiger charge is 2.27. The van der Waals surface area contributed by atoms with Gasteiger partial charge in [0.1, 0.15) is 11.4 Å². The fraction of sp³-hybridized carbons (Fsp3) is 0. The third kappa shape index (κ3) is 4.37. The van der Waals surface area contributed by atoms with Gasteiger partial charge in [0.2, 0.25) is 0 Å². The highest BCUT2D eigenvalue weighted by atomic mass is 15.3. The summed E-state index contributed by atoms with van der Waals surface area (Å²) in [5.74, 6) is 0. The first kappa shape index (κ1) is 28.2. The van der Waals surface area contributed by atoms with Crippen molar-refractivity contribution in [2.75, 3.05) is 0 Å².